The van der Waals surface area contributed by atoms with Crippen LogP contribution in [0.3, 0.4) is 0 Å². The fourth-order valence-electron chi connectivity index (χ4n) is 4.16. The molecule has 0 radical (unpaired) electrons. The number of imide groups is 1. The molecule has 3 aromatic rings. The van der Waals surface area contributed by atoms with E-state index < -0.39 is 0 Å². The van der Waals surface area contributed by atoms with Crippen molar-refractivity contribution in [1.82, 2.24) is 9.88 Å². The number of carbonyl (C=O) groups is 3. The zero-order chi connectivity index (χ0) is 24.9. The average Bonchev–Trinajstić information content (AvgIpc) is 3.45. The smallest absolute Gasteiger partial charge is 0.260 e. The molecule has 2 heterocycles. The van der Waals surface area contributed by atoms with Gasteiger partial charge in [-0.15, -0.1) is 0 Å². The van der Waals surface area contributed by atoms with Crippen molar-refractivity contribution in [2.24, 2.45) is 0 Å². The van der Waals surface area contributed by atoms with Crippen molar-refractivity contribution >= 4 is 50.1 Å². The lowest BCUT2D eigenvalue weighted by Gasteiger charge is -2.25. The first kappa shape index (κ1) is 27.6. The van der Waals surface area contributed by atoms with E-state index in [4.69, 9.17) is 9.72 Å². The van der Waals surface area contributed by atoms with Gasteiger partial charge in [0.05, 0.1) is 17.0 Å². The average molecular weight is 530 g/mol. The summed E-state index contributed by atoms with van der Waals surface area (Å²) in [4.78, 5) is 48.2. The van der Waals surface area contributed by atoms with Crippen LogP contribution in [0, 0.1) is 0 Å². The van der Waals surface area contributed by atoms with Crippen LogP contribution >= 0.6 is 11.3 Å². The third-order valence-corrected chi connectivity index (χ3v) is 7.13. The van der Waals surface area contributed by atoms with Gasteiger partial charge in [0.1, 0.15) is 11.3 Å². The van der Waals surface area contributed by atoms with Crippen LogP contribution in [0.1, 0.15) is 44.0 Å². The van der Waals surface area contributed by atoms with Gasteiger partial charge in [-0.3, -0.25) is 24.2 Å². The molecule has 4 rings (SSSR count). The highest BCUT2D eigenvalue weighted by atomic mass is 35.5. The zero-order valence-corrected chi connectivity index (χ0v) is 22.3. The van der Waals surface area contributed by atoms with Gasteiger partial charge < -0.3 is 22.0 Å². The fourth-order valence-corrected chi connectivity index (χ4v) is 5.17. The lowest BCUT2D eigenvalue weighted by molar-refractivity contribution is -0.121. The second kappa shape index (κ2) is 12.3. The Morgan fingerprint density at radius 1 is 1.03 bits per heavy atom. The van der Waals surface area contributed by atoms with Crippen molar-refractivity contribution in [2.75, 3.05) is 42.6 Å². The molecule has 3 amide bonds. The molecule has 1 aromatic heterocycles. The number of benzene rings is 2. The van der Waals surface area contributed by atoms with Crippen molar-refractivity contribution < 1.29 is 31.5 Å². The van der Waals surface area contributed by atoms with Gasteiger partial charge in [-0.1, -0.05) is 37.3 Å². The van der Waals surface area contributed by atoms with Crippen LogP contribution in [-0.4, -0.2) is 60.4 Å². The van der Waals surface area contributed by atoms with E-state index in [1.165, 1.54) is 16.2 Å². The molecule has 1 saturated heterocycles. The number of fused-ring (bicyclic) bond motifs is 1. The Labute approximate surface area is 221 Å². The molecule has 0 saturated carbocycles. The number of hydrogen-bond donors (Lipinski definition) is 0. The summed E-state index contributed by atoms with van der Waals surface area (Å²) in [5.74, 6) is -0.0213. The van der Waals surface area contributed by atoms with Crippen LogP contribution in [0.5, 0.6) is 5.75 Å². The summed E-state index contributed by atoms with van der Waals surface area (Å²) in [6.45, 7) is 9.53. The second-order valence-electron chi connectivity index (χ2n) is 8.19. The van der Waals surface area contributed by atoms with E-state index in [2.05, 4.69) is 18.7 Å². The highest BCUT2D eigenvalue weighted by molar-refractivity contribution is 7.22. The first-order valence-corrected chi connectivity index (χ1v) is 12.8. The van der Waals surface area contributed by atoms with E-state index in [1.54, 1.807) is 29.2 Å². The number of anilines is 2. The Balaban J connectivity index is 0.00000361. The molecule has 0 spiro atoms. The molecule has 0 aliphatic carbocycles. The molecule has 2 aromatic carbocycles. The maximum atomic E-state index is 13.8. The Morgan fingerprint density at radius 3 is 2.39 bits per heavy atom. The van der Waals surface area contributed by atoms with E-state index in [1.807, 2.05) is 25.1 Å². The highest BCUT2D eigenvalue weighted by Crippen LogP contribution is 2.35. The van der Waals surface area contributed by atoms with E-state index in [0.717, 1.165) is 23.3 Å². The quantitative estimate of drug-likeness (QED) is 0.369. The Hall–Kier alpha value is -3.01. The number of hydrogen-bond acceptors (Lipinski definition) is 7. The maximum absolute atomic E-state index is 13.8. The van der Waals surface area contributed by atoms with Gasteiger partial charge in [-0.05, 0) is 50.3 Å². The molecule has 0 bridgehead atoms. The van der Waals surface area contributed by atoms with Gasteiger partial charge >= 0.3 is 0 Å². The standard InChI is InChI=1S/C26H30N4O4S.ClH/c1-4-28(5-2)15-16-29(26-27-24-20(34-6-3)11-8-12-21(24)35-26)25(33)18-9-7-10-19(17-18)30-22(31)13-14-23(30)32;/h7-12,17H,4-6,13-16H2,1-3H3;1H/p-1. The molecular formula is C26H30ClN4O4S-. The molecule has 1 fully saturated rings. The lowest BCUT2D eigenvalue weighted by atomic mass is 10.1. The predicted molar refractivity (Wildman–Crippen MR) is 138 cm³/mol. The minimum atomic E-state index is -0.243. The van der Waals surface area contributed by atoms with Crippen LogP contribution in [0.25, 0.3) is 10.2 Å². The van der Waals surface area contributed by atoms with Gasteiger partial charge in [-0.2, -0.15) is 0 Å². The monoisotopic (exact) mass is 529 g/mol. The molecule has 36 heavy (non-hydrogen) atoms. The second-order valence-corrected chi connectivity index (χ2v) is 9.20. The zero-order valence-electron chi connectivity index (χ0n) is 20.7. The predicted octanol–water partition coefficient (Wildman–Crippen LogP) is 1.34. The normalized spacial score (nSPS) is 13.4. The molecular weight excluding hydrogens is 500 g/mol. The van der Waals surface area contributed by atoms with Crippen LogP contribution < -0.4 is 26.9 Å². The van der Waals surface area contributed by atoms with Gasteiger partial charge in [0, 0.05) is 31.5 Å². The van der Waals surface area contributed by atoms with Crippen LogP contribution in [0.2, 0.25) is 0 Å². The van der Waals surface area contributed by atoms with E-state index in [-0.39, 0.29) is 43.0 Å². The molecule has 10 heteroatoms. The van der Waals surface area contributed by atoms with E-state index in [9.17, 15) is 14.4 Å². The summed E-state index contributed by atoms with van der Waals surface area (Å²) in [5, 5.41) is 0.586. The summed E-state index contributed by atoms with van der Waals surface area (Å²) in [6, 6.07) is 12.5. The summed E-state index contributed by atoms with van der Waals surface area (Å²) >= 11 is 1.44. The van der Waals surface area contributed by atoms with Crippen molar-refractivity contribution in [2.45, 2.75) is 33.6 Å². The number of ether oxygens (including phenoxy) is 1. The van der Waals surface area contributed by atoms with Crippen molar-refractivity contribution in [3.63, 3.8) is 0 Å². The van der Waals surface area contributed by atoms with Crippen LogP contribution in [0.4, 0.5) is 10.8 Å². The fraction of sp³-hybridized carbons (Fsp3) is 0.385. The SMILES string of the molecule is CCOc1cccc2sc(N(CCN(CC)CC)C(=O)c3cccc(N4C(=O)CCC4=O)c3)nc12.[Cl-]. The number of halogens is 1. The van der Waals surface area contributed by atoms with E-state index in [0.29, 0.717) is 41.8 Å². The minimum Gasteiger partial charge on any atom is -1.00 e. The van der Waals surface area contributed by atoms with Gasteiger partial charge in [0.2, 0.25) is 11.8 Å². The number of para-hydroxylation sites is 1. The third-order valence-electron chi connectivity index (χ3n) is 6.08. The number of aromatic nitrogens is 1. The molecule has 8 nitrogen and oxygen atoms in total. The highest BCUT2D eigenvalue weighted by Gasteiger charge is 2.31. The molecule has 0 atom stereocenters. The lowest BCUT2D eigenvalue weighted by Crippen LogP contribution is -3.00. The third kappa shape index (κ3) is 5.69. The van der Waals surface area contributed by atoms with Crippen molar-refractivity contribution in [1.29, 1.82) is 0 Å². The Morgan fingerprint density at radius 2 is 1.72 bits per heavy atom. The first-order chi connectivity index (χ1) is 17.0. The number of thiazole rings is 1. The molecule has 0 unspecified atom stereocenters. The minimum absolute atomic E-state index is 0. The van der Waals surface area contributed by atoms with Crippen LogP contribution in [0.15, 0.2) is 42.5 Å². The maximum Gasteiger partial charge on any atom is 0.260 e. The molecule has 0 N–H and O–H groups in total. The number of rotatable bonds is 10. The summed E-state index contributed by atoms with van der Waals surface area (Å²) in [6.07, 6.45) is 0.391. The largest absolute Gasteiger partial charge is 1.00 e. The first-order valence-electron chi connectivity index (χ1n) is 12.0. The topological polar surface area (TPSA) is 83.0 Å². The summed E-state index contributed by atoms with van der Waals surface area (Å²) in [5.41, 5.74) is 1.56. The Bertz CT molecular complexity index is 1230. The summed E-state index contributed by atoms with van der Waals surface area (Å²) in [7, 11) is 0. The van der Waals surface area contributed by atoms with Gasteiger partial charge in [-0.25, -0.2) is 4.98 Å². The molecule has 1 aliphatic heterocycles. The number of nitrogens with zero attached hydrogens (tertiary/aromatic N) is 4. The van der Waals surface area contributed by atoms with Crippen molar-refractivity contribution in [3.8, 4) is 5.75 Å². The molecule has 192 valence electrons. The van der Waals surface area contributed by atoms with E-state index >= 15 is 0 Å². The van der Waals surface area contributed by atoms with Crippen molar-refractivity contribution in [3.05, 3.63) is 48.0 Å². The number of carbonyl (C=O) groups excluding carboxylic acids is 3. The Kier molecular flexibility index (Phi) is 9.42. The molecule has 1 aliphatic rings. The van der Waals surface area contributed by atoms with Crippen LogP contribution in [-0.2, 0) is 9.59 Å². The van der Waals surface area contributed by atoms with Gasteiger partial charge in [0.25, 0.3) is 5.91 Å². The summed E-state index contributed by atoms with van der Waals surface area (Å²) < 4.78 is 6.68. The van der Waals surface area contributed by atoms with Gasteiger partial charge in [0.15, 0.2) is 5.13 Å². The number of likely N-dealkylation sites (N-methyl/N-ethyl adjacent to an activating group) is 1. The number of amides is 3.